The van der Waals surface area contributed by atoms with E-state index >= 15 is 0 Å². The molecule has 0 unspecified atom stereocenters. The summed E-state index contributed by atoms with van der Waals surface area (Å²) in [5, 5.41) is 10.8. The Hall–Kier alpha value is -2.32. The predicted molar refractivity (Wildman–Crippen MR) is 74.8 cm³/mol. The largest absolute Gasteiger partial charge is 0.379 e. The minimum atomic E-state index is -3.85. The van der Waals surface area contributed by atoms with Crippen LogP contribution in [0.3, 0.4) is 0 Å². The zero-order chi connectivity index (χ0) is 14.6. The number of hydrogen-bond donors (Lipinski definition) is 2. The van der Waals surface area contributed by atoms with Gasteiger partial charge in [0.05, 0.1) is 10.6 Å². The second-order valence-electron chi connectivity index (χ2n) is 4.02. The van der Waals surface area contributed by atoms with Crippen molar-refractivity contribution in [1.29, 1.82) is 0 Å². The molecule has 0 aliphatic carbocycles. The minimum Gasteiger partial charge on any atom is -0.379 e. The van der Waals surface area contributed by atoms with Crippen LogP contribution in [-0.4, -0.2) is 13.4 Å². The minimum absolute atomic E-state index is 0.00872. The molecule has 0 aliphatic rings. The third-order valence-electron chi connectivity index (χ3n) is 2.63. The third kappa shape index (κ3) is 3.37. The molecule has 3 N–H and O–H groups in total. The van der Waals surface area contributed by atoms with E-state index in [0.717, 1.165) is 11.6 Å². The molecule has 1 aromatic carbocycles. The maximum atomic E-state index is 11.2. The molecule has 0 atom stereocenters. The highest BCUT2D eigenvalue weighted by Crippen LogP contribution is 2.27. The fourth-order valence-corrected chi connectivity index (χ4v) is 2.14. The van der Waals surface area contributed by atoms with Crippen molar-refractivity contribution in [1.82, 2.24) is 4.98 Å². The summed E-state index contributed by atoms with van der Waals surface area (Å²) in [5.41, 5.74) is 1.39. The Morgan fingerprint density at radius 1 is 1.20 bits per heavy atom. The van der Waals surface area contributed by atoms with Crippen molar-refractivity contribution in [2.45, 2.75) is 11.4 Å². The number of nitrogens with zero attached hydrogens (tertiary/aromatic N) is 2. The van der Waals surface area contributed by atoms with E-state index in [1.54, 1.807) is 12.4 Å². The van der Waals surface area contributed by atoms with Gasteiger partial charge in [-0.25, -0.2) is 13.6 Å². The average molecular weight is 292 g/mol. The third-order valence-corrected chi connectivity index (χ3v) is 3.54. The fraction of sp³-hybridized carbons (Fsp3) is 0.0833. The van der Waals surface area contributed by atoms with Gasteiger partial charge in [-0.2, -0.15) is 0 Å². The number of rotatable bonds is 5. The Labute approximate surface area is 115 Å². The summed E-state index contributed by atoms with van der Waals surface area (Å²) in [6.07, 6.45) is 3.31. The van der Waals surface area contributed by atoms with Crippen LogP contribution in [0.5, 0.6) is 0 Å². The number of pyridine rings is 1. The number of sulfonamides is 1. The summed E-state index contributed by atoms with van der Waals surface area (Å²) in [6, 6.07) is 7.55. The van der Waals surface area contributed by atoms with Crippen molar-refractivity contribution < 1.29 is 8.42 Å². The van der Waals surface area contributed by atoms with E-state index in [1.165, 1.54) is 12.1 Å². The number of hydrogen-bond acceptors (Lipinski definition) is 6. The maximum Gasteiger partial charge on any atom is 0.238 e. The molecule has 0 bridgehead atoms. The van der Waals surface area contributed by atoms with E-state index in [4.69, 9.17) is 5.14 Å². The van der Waals surface area contributed by atoms with Gasteiger partial charge in [-0.15, -0.1) is 4.91 Å². The van der Waals surface area contributed by atoms with Gasteiger partial charge in [-0.3, -0.25) is 4.98 Å². The number of anilines is 1. The molecule has 0 saturated carbocycles. The molecule has 7 nitrogen and oxygen atoms in total. The first-order valence-electron chi connectivity index (χ1n) is 5.63. The van der Waals surface area contributed by atoms with Crippen LogP contribution in [0.15, 0.2) is 52.8 Å². The van der Waals surface area contributed by atoms with Crippen LogP contribution in [0, 0.1) is 4.91 Å². The summed E-state index contributed by atoms with van der Waals surface area (Å²) in [4.78, 5) is 14.5. The number of primary sulfonamides is 1. The van der Waals surface area contributed by atoms with E-state index in [1.807, 2.05) is 12.1 Å². The quantitative estimate of drug-likeness (QED) is 0.814. The smallest absolute Gasteiger partial charge is 0.238 e. The lowest BCUT2D eigenvalue weighted by atomic mass is 10.2. The number of benzene rings is 1. The molecule has 2 aromatic rings. The Kier molecular flexibility index (Phi) is 4.06. The first kappa shape index (κ1) is 14.1. The summed E-state index contributed by atoms with van der Waals surface area (Å²) < 4.78 is 22.4. The Bertz CT molecular complexity index is 717. The first-order chi connectivity index (χ1) is 9.50. The zero-order valence-corrected chi connectivity index (χ0v) is 11.2. The lowest BCUT2D eigenvalue weighted by Gasteiger charge is -2.09. The van der Waals surface area contributed by atoms with Crippen LogP contribution >= 0.6 is 0 Å². The molecular formula is C12H12N4O3S. The highest BCUT2D eigenvalue weighted by molar-refractivity contribution is 7.89. The molecule has 1 aromatic heterocycles. The topological polar surface area (TPSA) is 115 Å². The number of nitrogens with two attached hydrogens (primary N) is 1. The number of aromatic nitrogens is 1. The molecule has 0 fully saturated rings. The van der Waals surface area contributed by atoms with Crippen LogP contribution in [0.25, 0.3) is 0 Å². The van der Waals surface area contributed by atoms with Crippen molar-refractivity contribution >= 4 is 21.4 Å². The Balaban J connectivity index is 2.22. The van der Waals surface area contributed by atoms with E-state index in [-0.39, 0.29) is 10.6 Å². The van der Waals surface area contributed by atoms with E-state index in [9.17, 15) is 13.3 Å². The second kappa shape index (κ2) is 5.76. The summed E-state index contributed by atoms with van der Waals surface area (Å²) in [6.45, 7) is 0.458. The molecule has 20 heavy (non-hydrogen) atoms. The summed E-state index contributed by atoms with van der Waals surface area (Å²) in [7, 11) is -3.85. The van der Waals surface area contributed by atoms with Crippen molar-refractivity contribution in [3.63, 3.8) is 0 Å². The van der Waals surface area contributed by atoms with Crippen molar-refractivity contribution in [3.05, 3.63) is 53.2 Å². The van der Waals surface area contributed by atoms with Gasteiger partial charge in [0.15, 0.2) is 0 Å². The van der Waals surface area contributed by atoms with E-state index in [2.05, 4.69) is 15.5 Å². The van der Waals surface area contributed by atoms with Crippen LogP contribution < -0.4 is 10.5 Å². The van der Waals surface area contributed by atoms with Gasteiger partial charge in [0.1, 0.15) is 5.69 Å². The van der Waals surface area contributed by atoms with Gasteiger partial charge in [0, 0.05) is 18.9 Å². The van der Waals surface area contributed by atoms with Gasteiger partial charge in [-0.05, 0) is 41.1 Å². The molecule has 2 rings (SSSR count). The van der Waals surface area contributed by atoms with Crippen molar-refractivity contribution in [3.8, 4) is 0 Å². The van der Waals surface area contributed by atoms with Crippen LogP contribution in [0.1, 0.15) is 5.56 Å². The molecule has 0 aliphatic heterocycles. The van der Waals surface area contributed by atoms with Gasteiger partial charge in [0.2, 0.25) is 10.0 Å². The highest BCUT2D eigenvalue weighted by Gasteiger charge is 2.12. The standard InChI is InChI=1S/C12H12N4O3S/c13-20(18,19)10-1-2-11(12(7-10)16-17)15-8-9-3-5-14-6-4-9/h1-7,15H,8H2,(H2,13,18,19). The molecule has 0 radical (unpaired) electrons. The summed E-state index contributed by atoms with van der Waals surface area (Å²) >= 11 is 0. The number of nitroso groups, excluding NO2 is 1. The lowest BCUT2D eigenvalue weighted by molar-refractivity contribution is 0.598. The van der Waals surface area contributed by atoms with Crippen molar-refractivity contribution in [2.75, 3.05) is 5.32 Å². The van der Waals surface area contributed by atoms with Crippen LogP contribution in [0.4, 0.5) is 11.4 Å². The van der Waals surface area contributed by atoms with Gasteiger partial charge < -0.3 is 5.32 Å². The van der Waals surface area contributed by atoms with Crippen LogP contribution in [0.2, 0.25) is 0 Å². The molecule has 0 saturated heterocycles. The van der Waals surface area contributed by atoms with Crippen molar-refractivity contribution in [2.24, 2.45) is 10.3 Å². The molecule has 0 amide bonds. The molecular weight excluding hydrogens is 280 g/mol. The Morgan fingerprint density at radius 2 is 1.90 bits per heavy atom. The lowest BCUT2D eigenvalue weighted by Crippen LogP contribution is -2.12. The van der Waals surface area contributed by atoms with E-state index in [0.29, 0.717) is 12.2 Å². The number of nitrogens with one attached hydrogen (secondary N) is 1. The summed E-state index contributed by atoms with van der Waals surface area (Å²) in [5.74, 6) is 0. The Morgan fingerprint density at radius 3 is 2.50 bits per heavy atom. The average Bonchev–Trinajstić information content (AvgIpc) is 2.45. The molecule has 0 spiro atoms. The van der Waals surface area contributed by atoms with Gasteiger partial charge >= 0.3 is 0 Å². The molecule has 8 heteroatoms. The van der Waals surface area contributed by atoms with E-state index < -0.39 is 10.0 Å². The zero-order valence-electron chi connectivity index (χ0n) is 10.4. The normalized spacial score (nSPS) is 11.1. The molecule has 104 valence electrons. The first-order valence-corrected chi connectivity index (χ1v) is 7.18. The van der Waals surface area contributed by atoms with Gasteiger partial charge in [0.25, 0.3) is 0 Å². The SMILES string of the molecule is NS(=O)(=O)c1ccc(NCc2ccncc2)c(N=O)c1. The second-order valence-corrected chi connectivity index (χ2v) is 5.59. The predicted octanol–water partition coefficient (Wildman–Crippen LogP) is 1.74. The monoisotopic (exact) mass is 292 g/mol. The van der Waals surface area contributed by atoms with Gasteiger partial charge in [-0.1, -0.05) is 0 Å². The fourth-order valence-electron chi connectivity index (χ4n) is 1.61. The highest BCUT2D eigenvalue weighted by atomic mass is 32.2. The molecule has 1 heterocycles. The maximum absolute atomic E-state index is 11.2. The van der Waals surface area contributed by atoms with Crippen LogP contribution in [-0.2, 0) is 16.6 Å².